The maximum atomic E-state index is 12.5. The number of nitrogens with zero attached hydrogens (tertiary/aromatic N) is 1. The van der Waals surface area contributed by atoms with E-state index < -0.39 is 10.0 Å². The second kappa shape index (κ2) is 11.2. The van der Waals surface area contributed by atoms with Crippen molar-refractivity contribution in [1.29, 1.82) is 0 Å². The molecule has 168 valence electrons. The molecule has 0 bridgehead atoms. The molecule has 2 aromatic rings. The third kappa shape index (κ3) is 7.56. The van der Waals surface area contributed by atoms with Gasteiger partial charge >= 0.3 is 0 Å². The third-order valence-corrected chi connectivity index (χ3v) is 6.16. The smallest absolute Gasteiger partial charge is 0.253 e. The van der Waals surface area contributed by atoms with Crippen molar-refractivity contribution in [3.63, 3.8) is 0 Å². The van der Waals surface area contributed by atoms with Crippen molar-refractivity contribution in [3.05, 3.63) is 59.1 Å². The molecule has 2 rings (SSSR count). The van der Waals surface area contributed by atoms with Gasteiger partial charge in [0, 0.05) is 24.0 Å². The Morgan fingerprint density at radius 3 is 2.35 bits per heavy atom. The Hall–Kier alpha value is -2.58. The van der Waals surface area contributed by atoms with E-state index in [4.69, 9.17) is 11.6 Å². The Morgan fingerprint density at radius 1 is 1.10 bits per heavy atom. The third-order valence-electron chi connectivity index (χ3n) is 4.72. The fourth-order valence-corrected chi connectivity index (χ4v) is 3.97. The van der Waals surface area contributed by atoms with E-state index in [2.05, 4.69) is 10.6 Å². The average molecular weight is 466 g/mol. The number of sulfonamides is 1. The molecular formula is C22H28ClN3O4S. The van der Waals surface area contributed by atoms with E-state index in [0.29, 0.717) is 28.4 Å². The number of anilines is 2. The van der Waals surface area contributed by atoms with Gasteiger partial charge < -0.3 is 10.6 Å². The fourth-order valence-electron chi connectivity index (χ4n) is 2.88. The maximum Gasteiger partial charge on any atom is 0.253 e. The molecule has 0 aliphatic heterocycles. The molecule has 2 amide bonds. The van der Waals surface area contributed by atoms with Gasteiger partial charge in [0.1, 0.15) is 0 Å². The first-order chi connectivity index (χ1) is 14.6. The summed E-state index contributed by atoms with van der Waals surface area (Å²) in [5, 5.41) is 6.15. The largest absolute Gasteiger partial charge is 0.350 e. The Labute approximate surface area is 188 Å². The molecule has 7 nitrogen and oxygen atoms in total. The topological polar surface area (TPSA) is 95.6 Å². The van der Waals surface area contributed by atoms with Crippen molar-refractivity contribution in [2.75, 3.05) is 22.4 Å². The Balaban J connectivity index is 2.00. The zero-order chi connectivity index (χ0) is 23.0. The van der Waals surface area contributed by atoms with Crippen LogP contribution in [0.4, 0.5) is 11.4 Å². The molecule has 1 atom stereocenters. The predicted molar refractivity (Wildman–Crippen MR) is 125 cm³/mol. The molecule has 0 unspecified atom stereocenters. The van der Waals surface area contributed by atoms with Crippen molar-refractivity contribution < 1.29 is 18.0 Å². The highest BCUT2D eigenvalue weighted by molar-refractivity contribution is 7.92. The lowest BCUT2D eigenvalue weighted by atomic mass is 10.1. The van der Waals surface area contributed by atoms with Gasteiger partial charge in [0.25, 0.3) is 5.91 Å². The van der Waals surface area contributed by atoms with E-state index >= 15 is 0 Å². The molecule has 0 saturated carbocycles. The van der Waals surface area contributed by atoms with Gasteiger partial charge in [-0.25, -0.2) is 8.42 Å². The first-order valence-corrected chi connectivity index (χ1v) is 12.3. The highest BCUT2D eigenvalue weighted by Crippen LogP contribution is 2.21. The standard InChI is InChI=1S/C22H28ClN3O4S/c1-4-16(2)24-22(28)19-8-5-6-9-20(19)25-21(27)10-7-15-26(31(3,29)30)18-13-11-17(23)12-14-18/h5-6,8-9,11-14,16H,4,7,10,15H2,1-3H3,(H,24,28)(H,25,27)/t16-/m1/s1. The summed E-state index contributed by atoms with van der Waals surface area (Å²) < 4.78 is 25.6. The molecule has 2 aromatic carbocycles. The summed E-state index contributed by atoms with van der Waals surface area (Å²) in [5.74, 6) is -0.551. The molecule has 0 aromatic heterocycles. The fraction of sp³-hybridized carbons (Fsp3) is 0.364. The summed E-state index contributed by atoms with van der Waals surface area (Å²) in [5.41, 5.74) is 1.29. The first kappa shape index (κ1) is 24.7. The Bertz CT molecular complexity index is 1010. The van der Waals surface area contributed by atoms with E-state index in [1.165, 1.54) is 4.31 Å². The number of amides is 2. The lowest BCUT2D eigenvalue weighted by molar-refractivity contribution is -0.116. The zero-order valence-corrected chi connectivity index (χ0v) is 19.5. The van der Waals surface area contributed by atoms with E-state index in [-0.39, 0.29) is 30.8 Å². The van der Waals surface area contributed by atoms with Gasteiger partial charge in [-0.15, -0.1) is 0 Å². The van der Waals surface area contributed by atoms with E-state index in [1.807, 2.05) is 13.8 Å². The van der Waals surface area contributed by atoms with Gasteiger partial charge in [-0.1, -0.05) is 30.7 Å². The molecule has 0 saturated heterocycles. The van der Waals surface area contributed by atoms with Gasteiger partial charge in [-0.05, 0) is 56.2 Å². The molecule has 9 heteroatoms. The first-order valence-electron chi connectivity index (χ1n) is 10.0. The second-order valence-corrected chi connectivity index (χ2v) is 9.63. The van der Waals surface area contributed by atoms with Gasteiger partial charge in [0.15, 0.2) is 0 Å². The van der Waals surface area contributed by atoms with Crippen LogP contribution in [0.1, 0.15) is 43.5 Å². The van der Waals surface area contributed by atoms with E-state index in [9.17, 15) is 18.0 Å². The normalized spacial score (nSPS) is 12.1. The lowest BCUT2D eigenvalue weighted by Crippen LogP contribution is -2.33. The molecular weight excluding hydrogens is 438 g/mol. The van der Waals surface area contributed by atoms with Gasteiger partial charge in [0.2, 0.25) is 15.9 Å². The number of halogens is 1. The number of nitrogens with one attached hydrogen (secondary N) is 2. The summed E-state index contributed by atoms with van der Waals surface area (Å²) in [7, 11) is -3.51. The highest BCUT2D eigenvalue weighted by atomic mass is 35.5. The van der Waals surface area contributed by atoms with Gasteiger partial charge in [0.05, 0.1) is 23.2 Å². The van der Waals surface area contributed by atoms with Crippen molar-refractivity contribution in [2.24, 2.45) is 0 Å². The minimum atomic E-state index is -3.51. The van der Waals surface area contributed by atoms with Crippen LogP contribution in [0.15, 0.2) is 48.5 Å². The second-order valence-electron chi connectivity index (χ2n) is 7.29. The van der Waals surface area contributed by atoms with Crippen LogP contribution in [0, 0.1) is 0 Å². The monoisotopic (exact) mass is 465 g/mol. The molecule has 2 N–H and O–H groups in total. The quantitative estimate of drug-likeness (QED) is 0.553. The Kier molecular flexibility index (Phi) is 8.88. The number of carbonyl (C=O) groups excluding carboxylic acids is 2. The molecule has 31 heavy (non-hydrogen) atoms. The predicted octanol–water partition coefficient (Wildman–Crippen LogP) is 4.05. The summed E-state index contributed by atoms with van der Waals surface area (Å²) in [6.07, 6.45) is 2.32. The van der Waals surface area contributed by atoms with Crippen LogP contribution in [0.2, 0.25) is 5.02 Å². The van der Waals surface area contributed by atoms with E-state index in [1.54, 1.807) is 48.5 Å². The van der Waals surface area contributed by atoms with Gasteiger partial charge in [-0.3, -0.25) is 13.9 Å². The van der Waals surface area contributed by atoms with Crippen LogP contribution in [0.25, 0.3) is 0 Å². The molecule has 0 aliphatic rings. The summed E-state index contributed by atoms with van der Waals surface area (Å²) >= 11 is 5.88. The minimum absolute atomic E-state index is 0.0195. The average Bonchev–Trinajstić information content (AvgIpc) is 2.71. The number of rotatable bonds is 10. The number of carbonyl (C=O) groups is 2. The Morgan fingerprint density at radius 2 is 1.74 bits per heavy atom. The van der Waals surface area contributed by atoms with Crippen LogP contribution in [-0.4, -0.2) is 39.1 Å². The van der Waals surface area contributed by atoms with Gasteiger partial charge in [-0.2, -0.15) is 0 Å². The number of benzene rings is 2. The van der Waals surface area contributed by atoms with Crippen LogP contribution < -0.4 is 14.9 Å². The highest BCUT2D eigenvalue weighted by Gasteiger charge is 2.18. The molecule has 0 spiro atoms. The molecule has 0 radical (unpaired) electrons. The molecule has 0 fully saturated rings. The van der Waals surface area contributed by atoms with Crippen molar-refractivity contribution in [3.8, 4) is 0 Å². The maximum absolute atomic E-state index is 12.5. The zero-order valence-electron chi connectivity index (χ0n) is 17.9. The van der Waals surface area contributed by atoms with Crippen LogP contribution in [-0.2, 0) is 14.8 Å². The van der Waals surface area contributed by atoms with Crippen molar-refractivity contribution >= 4 is 44.8 Å². The lowest BCUT2D eigenvalue weighted by Gasteiger charge is -2.22. The number of hydrogen-bond acceptors (Lipinski definition) is 4. The summed E-state index contributed by atoms with van der Waals surface area (Å²) in [4.78, 5) is 24.9. The van der Waals surface area contributed by atoms with Crippen LogP contribution >= 0.6 is 11.6 Å². The number of hydrogen-bond donors (Lipinski definition) is 2. The van der Waals surface area contributed by atoms with Crippen LogP contribution in [0.3, 0.4) is 0 Å². The van der Waals surface area contributed by atoms with E-state index in [0.717, 1.165) is 12.7 Å². The minimum Gasteiger partial charge on any atom is -0.350 e. The number of para-hydroxylation sites is 1. The van der Waals surface area contributed by atoms with Crippen molar-refractivity contribution in [2.45, 2.75) is 39.2 Å². The van der Waals surface area contributed by atoms with Crippen molar-refractivity contribution in [1.82, 2.24) is 5.32 Å². The van der Waals surface area contributed by atoms with Crippen LogP contribution in [0.5, 0.6) is 0 Å². The molecule has 0 aliphatic carbocycles. The summed E-state index contributed by atoms with van der Waals surface area (Å²) in [6, 6.07) is 13.3. The molecule has 0 heterocycles. The summed E-state index contributed by atoms with van der Waals surface area (Å²) in [6.45, 7) is 4.03. The SMILES string of the molecule is CC[C@@H](C)NC(=O)c1ccccc1NC(=O)CCCN(c1ccc(Cl)cc1)S(C)(=O)=O.